The van der Waals surface area contributed by atoms with Gasteiger partial charge in [-0.05, 0) is 38.5 Å². The summed E-state index contributed by atoms with van der Waals surface area (Å²) in [6, 6.07) is -0.743. The third kappa shape index (κ3) is 44.0. The summed E-state index contributed by atoms with van der Waals surface area (Å²) in [5.41, 5.74) is 0. The second-order valence-corrected chi connectivity index (χ2v) is 18.4. The summed E-state index contributed by atoms with van der Waals surface area (Å²) in [4.78, 5) is 36.9. The van der Waals surface area contributed by atoms with Gasteiger partial charge in [-0.3, -0.25) is 9.59 Å². The van der Waals surface area contributed by atoms with Crippen molar-refractivity contribution in [3.05, 3.63) is 60.8 Å². The van der Waals surface area contributed by atoms with Gasteiger partial charge in [0, 0.05) is 12.8 Å². The van der Waals surface area contributed by atoms with Crippen LogP contribution >= 0.6 is 0 Å². The SMILES string of the molecule is CC/C=C\C/C=C\C/C=C\C/C=C\C/C=C\CC(=O)OC(COCCC(C(=O)[O-])[N+](C)(C)C)COC(=O)CCCCCCCCCCCCCCCCCCCCCCCCCC. The molecule has 0 saturated carbocycles. The summed E-state index contributed by atoms with van der Waals surface area (Å²) < 4.78 is 17.1. The number of carboxylic acids is 1. The second-order valence-electron chi connectivity index (χ2n) is 18.4. The standard InChI is InChI=1S/C55H97NO7/c1-6-8-10-12-14-16-18-20-22-23-24-25-26-27-28-29-30-32-33-35-37-39-41-43-45-53(57)62-50-51(49-61-48-47-52(55(59)60)56(3,4)5)63-54(58)46-44-42-40-38-36-34-31-21-19-17-15-13-11-9-7-2/h9,11,15,17,21,31,36,38,42,44,51-52H,6-8,10,12-14,16,18-20,22-30,32-35,37,39-41,43,45-50H2,1-5H3/b11-9-,17-15-,31-21-,38-36-,44-42-. The normalized spacial score (nSPS) is 13.3. The summed E-state index contributed by atoms with van der Waals surface area (Å²) in [5, 5.41) is 11.6. The molecule has 0 amide bonds. The highest BCUT2D eigenvalue weighted by Crippen LogP contribution is 2.16. The molecule has 2 atom stereocenters. The number of unbranched alkanes of at least 4 members (excludes halogenated alkanes) is 23. The maximum Gasteiger partial charge on any atom is 0.310 e. The summed E-state index contributed by atoms with van der Waals surface area (Å²) >= 11 is 0. The molecule has 0 saturated heterocycles. The van der Waals surface area contributed by atoms with Crippen molar-refractivity contribution in [2.24, 2.45) is 0 Å². The summed E-state index contributed by atoms with van der Waals surface area (Å²) in [5.74, 6) is -1.89. The molecular formula is C55H97NO7. The Morgan fingerprint density at radius 3 is 1.25 bits per heavy atom. The number of rotatable bonds is 46. The number of carbonyl (C=O) groups excluding carboxylic acids is 3. The number of hydrogen-bond donors (Lipinski definition) is 0. The molecule has 0 aliphatic heterocycles. The van der Waals surface area contributed by atoms with Crippen LogP contribution in [0.4, 0.5) is 0 Å². The van der Waals surface area contributed by atoms with Crippen LogP contribution in [-0.4, -0.2) is 75.5 Å². The Morgan fingerprint density at radius 2 is 0.873 bits per heavy atom. The van der Waals surface area contributed by atoms with Gasteiger partial charge in [-0.25, -0.2) is 0 Å². The minimum absolute atomic E-state index is 0.00106. The van der Waals surface area contributed by atoms with Crippen LogP contribution in [-0.2, 0) is 28.6 Å². The van der Waals surface area contributed by atoms with E-state index in [-0.39, 0.29) is 43.1 Å². The van der Waals surface area contributed by atoms with Crippen molar-refractivity contribution < 1.29 is 38.2 Å². The molecule has 8 nitrogen and oxygen atoms in total. The molecule has 0 rings (SSSR count). The fourth-order valence-corrected chi connectivity index (χ4v) is 7.50. The fourth-order valence-electron chi connectivity index (χ4n) is 7.50. The third-order valence-electron chi connectivity index (χ3n) is 11.5. The van der Waals surface area contributed by atoms with Crippen LogP contribution in [0.3, 0.4) is 0 Å². The molecule has 0 aliphatic carbocycles. The molecule has 0 aromatic rings. The highest BCUT2D eigenvalue weighted by Gasteiger charge is 2.25. The maximum absolute atomic E-state index is 12.7. The average Bonchev–Trinajstić information content (AvgIpc) is 3.24. The molecule has 364 valence electrons. The Bertz CT molecular complexity index is 1210. The number of carbonyl (C=O) groups is 3. The monoisotopic (exact) mass is 884 g/mol. The van der Waals surface area contributed by atoms with E-state index in [1.165, 1.54) is 135 Å². The molecule has 0 N–H and O–H groups in total. The average molecular weight is 884 g/mol. The molecule has 0 aromatic carbocycles. The number of nitrogens with zero attached hydrogens (tertiary/aromatic N) is 1. The first kappa shape index (κ1) is 60.0. The van der Waals surface area contributed by atoms with Crippen LogP contribution in [0.2, 0.25) is 0 Å². The maximum atomic E-state index is 12.7. The lowest BCUT2D eigenvalue weighted by atomic mass is 10.0. The number of carboxylic acid groups (broad SMARTS) is 1. The Hall–Kier alpha value is -2.97. The van der Waals surface area contributed by atoms with E-state index in [2.05, 4.69) is 62.5 Å². The van der Waals surface area contributed by atoms with E-state index in [1.54, 1.807) is 27.2 Å². The van der Waals surface area contributed by atoms with Crippen LogP contribution < -0.4 is 5.11 Å². The van der Waals surface area contributed by atoms with Gasteiger partial charge in [0.1, 0.15) is 12.6 Å². The zero-order valence-corrected chi connectivity index (χ0v) is 41.5. The van der Waals surface area contributed by atoms with E-state index in [0.717, 1.165) is 44.9 Å². The highest BCUT2D eigenvalue weighted by atomic mass is 16.6. The van der Waals surface area contributed by atoms with E-state index < -0.39 is 24.1 Å². The Balaban J connectivity index is 4.23. The number of esters is 2. The minimum Gasteiger partial charge on any atom is -0.544 e. The molecule has 0 radical (unpaired) electrons. The Kier molecular flexibility index (Phi) is 43.4. The van der Waals surface area contributed by atoms with Gasteiger partial charge in [0.15, 0.2) is 6.10 Å². The predicted molar refractivity (Wildman–Crippen MR) is 263 cm³/mol. The number of likely N-dealkylation sites (N-methyl/N-ethyl adjacent to an activating group) is 1. The van der Waals surface area contributed by atoms with Crippen molar-refractivity contribution in [2.75, 3.05) is 41.0 Å². The number of hydrogen-bond acceptors (Lipinski definition) is 7. The highest BCUT2D eigenvalue weighted by molar-refractivity contribution is 5.71. The number of aliphatic carboxylic acids is 1. The summed E-state index contributed by atoms with van der Waals surface area (Å²) in [7, 11) is 5.38. The lowest BCUT2D eigenvalue weighted by Gasteiger charge is -2.34. The van der Waals surface area contributed by atoms with Gasteiger partial charge in [-0.2, -0.15) is 0 Å². The largest absolute Gasteiger partial charge is 0.544 e. The minimum atomic E-state index is -1.14. The first-order valence-electron chi connectivity index (χ1n) is 25.8. The van der Waals surface area contributed by atoms with Crippen LogP contribution in [0.25, 0.3) is 0 Å². The summed E-state index contributed by atoms with van der Waals surface area (Å²) in [6.45, 7) is 4.46. The zero-order chi connectivity index (χ0) is 46.3. The van der Waals surface area contributed by atoms with Gasteiger partial charge in [0.2, 0.25) is 0 Å². The Morgan fingerprint density at radius 1 is 0.492 bits per heavy atom. The molecule has 0 fully saturated rings. The predicted octanol–water partition coefficient (Wildman–Crippen LogP) is 13.6. The van der Waals surface area contributed by atoms with Crippen LogP contribution in [0.15, 0.2) is 60.8 Å². The molecule has 0 bridgehead atoms. The third-order valence-corrected chi connectivity index (χ3v) is 11.5. The van der Waals surface area contributed by atoms with Crippen LogP contribution in [0.1, 0.15) is 219 Å². The molecule has 0 spiro atoms. The molecule has 0 heterocycles. The molecule has 63 heavy (non-hydrogen) atoms. The Labute approximate surface area is 388 Å². The summed E-state index contributed by atoms with van der Waals surface area (Å²) in [6.07, 6.45) is 57.3. The fraction of sp³-hybridized carbons (Fsp3) is 0.764. The van der Waals surface area contributed by atoms with E-state index in [9.17, 15) is 19.5 Å². The lowest BCUT2D eigenvalue weighted by Crippen LogP contribution is -2.55. The zero-order valence-electron chi connectivity index (χ0n) is 41.5. The van der Waals surface area contributed by atoms with Gasteiger partial charge in [0.05, 0.1) is 46.7 Å². The van der Waals surface area contributed by atoms with Crippen molar-refractivity contribution in [2.45, 2.75) is 231 Å². The van der Waals surface area contributed by atoms with Crippen LogP contribution in [0, 0.1) is 0 Å². The van der Waals surface area contributed by atoms with Gasteiger partial charge < -0.3 is 28.6 Å². The van der Waals surface area contributed by atoms with Crippen molar-refractivity contribution in [1.29, 1.82) is 0 Å². The lowest BCUT2D eigenvalue weighted by molar-refractivity contribution is -0.889. The molecule has 0 aromatic heterocycles. The first-order valence-corrected chi connectivity index (χ1v) is 25.8. The molecule has 8 heteroatoms. The smallest absolute Gasteiger partial charge is 0.310 e. The number of allylic oxidation sites excluding steroid dienone is 9. The van der Waals surface area contributed by atoms with Crippen molar-refractivity contribution in [3.63, 3.8) is 0 Å². The van der Waals surface area contributed by atoms with Crippen LogP contribution in [0.5, 0.6) is 0 Å². The van der Waals surface area contributed by atoms with Gasteiger partial charge >= 0.3 is 11.9 Å². The van der Waals surface area contributed by atoms with E-state index in [1.807, 2.05) is 6.08 Å². The van der Waals surface area contributed by atoms with Gasteiger partial charge in [-0.15, -0.1) is 0 Å². The van der Waals surface area contributed by atoms with E-state index in [0.29, 0.717) is 12.8 Å². The molecular weight excluding hydrogens is 787 g/mol. The van der Waals surface area contributed by atoms with Crippen molar-refractivity contribution in [1.82, 2.24) is 0 Å². The van der Waals surface area contributed by atoms with Crippen molar-refractivity contribution >= 4 is 17.9 Å². The molecule has 2 unspecified atom stereocenters. The van der Waals surface area contributed by atoms with E-state index in [4.69, 9.17) is 14.2 Å². The van der Waals surface area contributed by atoms with Gasteiger partial charge in [0.25, 0.3) is 0 Å². The van der Waals surface area contributed by atoms with E-state index >= 15 is 0 Å². The second kappa shape index (κ2) is 45.6. The topological polar surface area (TPSA) is 102 Å². The quantitative estimate of drug-likeness (QED) is 0.0260. The van der Waals surface area contributed by atoms with Crippen molar-refractivity contribution in [3.8, 4) is 0 Å². The number of ether oxygens (including phenoxy) is 3. The first-order chi connectivity index (χ1) is 30.6. The molecule has 0 aliphatic rings. The number of quaternary nitrogens is 1. The van der Waals surface area contributed by atoms with Gasteiger partial charge in [-0.1, -0.05) is 222 Å².